The molecule has 0 aliphatic carbocycles. The molecule has 0 saturated carbocycles. The number of ether oxygens (including phenoxy) is 1. The van der Waals surface area contributed by atoms with Gasteiger partial charge in [0, 0.05) is 45.3 Å². The van der Waals surface area contributed by atoms with Crippen molar-refractivity contribution < 1.29 is 27.5 Å². The Kier molecular flexibility index (Phi) is 6.73. The van der Waals surface area contributed by atoms with Gasteiger partial charge in [-0.05, 0) is 32.9 Å². The van der Waals surface area contributed by atoms with Gasteiger partial charge in [-0.2, -0.15) is 13.2 Å². The van der Waals surface area contributed by atoms with Crippen molar-refractivity contribution in [1.29, 1.82) is 0 Å². The summed E-state index contributed by atoms with van der Waals surface area (Å²) in [6.07, 6.45) is -4.02. The van der Waals surface area contributed by atoms with Crippen LogP contribution in [0.1, 0.15) is 32.8 Å². The molecule has 1 aromatic rings. The molecule has 10 heteroatoms. The Balaban J connectivity index is 1.75. The molecule has 0 unspecified atom stereocenters. The molecule has 0 bridgehead atoms. The zero-order chi connectivity index (χ0) is 20.9. The van der Waals surface area contributed by atoms with Crippen LogP contribution >= 0.6 is 0 Å². The summed E-state index contributed by atoms with van der Waals surface area (Å²) in [6.45, 7) is 7.26. The van der Waals surface area contributed by atoms with Gasteiger partial charge >= 0.3 is 12.3 Å². The van der Waals surface area contributed by atoms with Crippen molar-refractivity contribution in [2.45, 2.75) is 39.0 Å². The number of alkyl carbamates (subject to hydrolysis) is 1. The lowest BCUT2D eigenvalue weighted by Gasteiger charge is -2.35. The summed E-state index contributed by atoms with van der Waals surface area (Å²) >= 11 is 0. The van der Waals surface area contributed by atoms with E-state index in [1.54, 1.807) is 25.7 Å². The maximum absolute atomic E-state index is 12.6. The first-order chi connectivity index (χ1) is 13.0. The molecule has 2 heterocycles. The average molecular weight is 402 g/mol. The Morgan fingerprint density at radius 2 is 1.79 bits per heavy atom. The minimum Gasteiger partial charge on any atom is -0.444 e. The van der Waals surface area contributed by atoms with Crippen LogP contribution in [-0.4, -0.2) is 60.2 Å². The molecule has 156 valence electrons. The largest absolute Gasteiger partial charge is 0.444 e. The van der Waals surface area contributed by atoms with Crippen LogP contribution in [0.2, 0.25) is 0 Å². The van der Waals surface area contributed by atoms with Crippen LogP contribution < -0.4 is 10.2 Å². The van der Waals surface area contributed by atoms with Gasteiger partial charge < -0.3 is 19.9 Å². The molecule has 1 aromatic heterocycles. The van der Waals surface area contributed by atoms with Gasteiger partial charge in [-0.15, -0.1) is 0 Å². The van der Waals surface area contributed by atoms with Crippen LogP contribution in [0.25, 0.3) is 0 Å². The number of hydrogen-bond acceptors (Lipinski definition) is 5. The van der Waals surface area contributed by atoms with Crippen molar-refractivity contribution in [3.05, 3.63) is 23.9 Å². The van der Waals surface area contributed by atoms with Crippen LogP contribution in [0.15, 0.2) is 18.3 Å². The number of halogens is 3. The number of nitrogens with zero attached hydrogens (tertiary/aromatic N) is 3. The molecule has 7 nitrogen and oxygen atoms in total. The Labute approximate surface area is 161 Å². The highest BCUT2D eigenvalue weighted by atomic mass is 19.4. The maximum Gasteiger partial charge on any atom is 0.417 e. The minimum atomic E-state index is -4.41. The Morgan fingerprint density at radius 1 is 1.14 bits per heavy atom. The lowest BCUT2D eigenvalue weighted by atomic mass is 10.2. The lowest BCUT2D eigenvalue weighted by molar-refractivity contribution is -0.138. The summed E-state index contributed by atoms with van der Waals surface area (Å²) in [5, 5.41) is 2.54. The molecule has 0 spiro atoms. The molecular weight excluding hydrogens is 377 g/mol. The average Bonchev–Trinajstić information content (AvgIpc) is 2.59. The topological polar surface area (TPSA) is 74.8 Å². The molecule has 1 aliphatic heterocycles. The van der Waals surface area contributed by atoms with E-state index in [0.29, 0.717) is 32.0 Å². The van der Waals surface area contributed by atoms with E-state index >= 15 is 0 Å². The third kappa shape index (κ3) is 6.58. The van der Waals surface area contributed by atoms with Gasteiger partial charge in [0.2, 0.25) is 5.91 Å². The number of nitrogens with one attached hydrogen (secondary N) is 1. The molecule has 2 amide bonds. The number of pyridine rings is 1. The van der Waals surface area contributed by atoms with Gasteiger partial charge in [0.15, 0.2) is 0 Å². The van der Waals surface area contributed by atoms with Crippen molar-refractivity contribution >= 4 is 17.8 Å². The fourth-order valence-corrected chi connectivity index (χ4v) is 2.67. The van der Waals surface area contributed by atoms with Gasteiger partial charge in [-0.25, -0.2) is 9.78 Å². The number of carbonyl (C=O) groups is 2. The summed E-state index contributed by atoms with van der Waals surface area (Å²) in [7, 11) is 0. The summed E-state index contributed by atoms with van der Waals surface area (Å²) in [6, 6.07) is 2.34. The minimum absolute atomic E-state index is 0.101. The Morgan fingerprint density at radius 3 is 2.29 bits per heavy atom. The third-order valence-corrected chi connectivity index (χ3v) is 4.04. The van der Waals surface area contributed by atoms with E-state index in [2.05, 4.69) is 10.3 Å². The van der Waals surface area contributed by atoms with Crippen molar-refractivity contribution in [3.8, 4) is 0 Å². The second-order valence-electron chi connectivity index (χ2n) is 7.45. The zero-order valence-corrected chi connectivity index (χ0v) is 16.2. The number of piperazine rings is 1. The second kappa shape index (κ2) is 8.66. The van der Waals surface area contributed by atoms with E-state index in [0.717, 1.165) is 12.3 Å². The molecule has 28 heavy (non-hydrogen) atoms. The first-order valence-corrected chi connectivity index (χ1v) is 8.98. The summed E-state index contributed by atoms with van der Waals surface area (Å²) < 4.78 is 42.9. The predicted molar refractivity (Wildman–Crippen MR) is 96.9 cm³/mol. The van der Waals surface area contributed by atoms with Crippen LogP contribution in [0, 0.1) is 0 Å². The molecule has 1 fully saturated rings. The van der Waals surface area contributed by atoms with E-state index in [4.69, 9.17) is 4.74 Å². The second-order valence-corrected chi connectivity index (χ2v) is 7.45. The van der Waals surface area contributed by atoms with Crippen molar-refractivity contribution in [3.63, 3.8) is 0 Å². The van der Waals surface area contributed by atoms with E-state index in [9.17, 15) is 22.8 Å². The molecule has 0 aromatic carbocycles. The highest BCUT2D eigenvalue weighted by Gasteiger charge is 2.31. The van der Waals surface area contributed by atoms with Crippen LogP contribution in [-0.2, 0) is 15.7 Å². The Bertz CT molecular complexity index is 679. The monoisotopic (exact) mass is 402 g/mol. The first kappa shape index (κ1) is 21.8. The number of anilines is 1. The molecule has 1 aliphatic rings. The fraction of sp³-hybridized carbons (Fsp3) is 0.611. The van der Waals surface area contributed by atoms with Crippen molar-refractivity contribution in [1.82, 2.24) is 15.2 Å². The standard InChI is InChI=1S/C18H25F3N4O3/c1-17(2,3)28-16(27)22-7-6-15(26)25-10-8-24(9-11-25)14-5-4-13(12-23-14)18(19,20)21/h4-5,12H,6-11H2,1-3H3,(H,22,27). The van der Waals surface area contributed by atoms with Crippen LogP contribution in [0.4, 0.5) is 23.8 Å². The number of carbonyl (C=O) groups excluding carboxylic acids is 2. The molecule has 2 rings (SSSR count). The van der Waals surface area contributed by atoms with Crippen LogP contribution in [0.5, 0.6) is 0 Å². The summed E-state index contributed by atoms with van der Waals surface area (Å²) in [4.78, 5) is 31.2. The number of alkyl halides is 3. The Hall–Kier alpha value is -2.52. The molecule has 0 radical (unpaired) electrons. The normalized spacial score (nSPS) is 15.4. The first-order valence-electron chi connectivity index (χ1n) is 8.98. The number of rotatable bonds is 4. The third-order valence-electron chi connectivity index (χ3n) is 4.04. The van der Waals surface area contributed by atoms with Gasteiger partial charge in [0.05, 0.1) is 5.56 Å². The van der Waals surface area contributed by atoms with E-state index in [1.807, 2.05) is 4.90 Å². The quantitative estimate of drug-likeness (QED) is 0.838. The lowest BCUT2D eigenvalue weighted by Crippen LogP contribution is -2.49. The highest BCUT2D eigenvalue weighted by molar-refractivity contribution is 5.77. The molecular formula is C18H25F3N4O3. The molecule has 0 atom stereocenters. The van der Waals surface area contributed by atoms with Crippen molar-refractivity contribution in [2.24, 2.45) is 0 Å². The van der Waals surface area contributed by atoms with Gasteiger partial charge in [0.25, 0.3) is 0 Å². The SMILES string of the molecule is CC(C)(C)OC(=O)NCCC(=O)N1CCN(c2ccc(C(F)(F)F)cn2)CC1. The smallest absolute Gasteiger partial charge is 0.417 e. The van der Waals surface area contributed by atoms with Gasteiger partial charge in [0.1, 0.15) is 11.4 Å². The summed E-state index contributed by atoms with van der Waals surface area (Å²) in [5.41, 5.74) is -1.39. The van der Waals surface area contributed by atoms with Crippen LogP contribution in [0.3, 0.4) is 0 Å². The van der Waals surface area contributed by atoms with E-state index in [1.165, 1.54) is 6.07 Å². The maximum atomic E-state index is 12.6. The highest BCUT2D eigenvalue weighted by Crippen LogP contribution is 2.29. The van der Waals surface area contributed by atoms with Gasteiger partial charge in [-0.3, -0.25) is 4.79 Å². The van der Waals surface area contributed by atoms with E-state index in [-0.39, 0.29) is 18.9 Å². The predicted octanol–water partition coefficient (Wildman–Crippen LogP) is 2.66. The molecule has 1 N–H and O–H groups in total. The number of hydrogen-bond donors (Lipinski definition) is 1. The number of aromatic nitrogens is 1. The summed E-state index contributed by atoms with van der Waals surface area (Å²) in [5.74, 6) is 0.350. The van der Waals surface area contributed by atoms with Gasteiger partial charge in [-0.1, -0.05) is 0 Å². The zero-order valence-electron chi connectivity index (χ0n) is 16.2. The molecule has 1 saturated heterocycles. The van der Waals surface area contributed by atoms with E-state index < -0.39 is 23.4 Å². The fourth-order valence-electron chi connectivity index (χ4n) is 2.67. The van der Waals surface area contributed by atoms with Crippen molar-refractivity contribution in [2.75, 3.05) is 37.6 Å². The number of amides is 2.